The Morgan fingerprint density at radius 1 is 0.862 bits per heavy atom. The topological polar surface area (TPSA) is 43.4 Å². The monoisotopic (exact) mass is 410 g/mol. The predicted molar refractivity (Wildman–Crippen MR) is 123 cm³/mol. The van der Waals surface area contributed by atoms with Crippen LogP contribution in [0, 0.1) is 0 Å². The molecule has 0 fully saturated rings. The summed E-state index contributed by atoms with van der Waals surface area (Å²) < 4.78 is 11.1. The minimum absolute atomic E-state index is 0.788. The minimum atomic E-state index is 0.788. The second-order valence-corrected chi connectivity index (χ2v) is 7.89. The Morgan fingerprint density at radius 3 is 2.28 bits per heavy atom. The fourth-order valence-electron chi connectivity index (χ4n) is 3.06. The molecule has 3 aromatic rings. The Bertz CT molecular complexity index is 844. The number of hydrogen-bond acceptors (Lipinski definition) is 5. The van der Waals surface area contributed by atoms with Crippen molar-refractivity contribution < 1.29 is 9.47 Å². The smallest absolute Gasteiger partial charge is 0.187 e. The van der Waals surface area contributed by atoms with E-state index in [-0.39, 0.29) is 0 Å². The van der Waals surface area contributed by atoms with E-state index in [1.54, 1.807) is 18.4 Å². The van der Waals surface area contributed by atoms with E-state index in [2.05, 4.69) is 22.6 Å². The molecule has 0 radical (unpaired) electrons. The van der Waals surface area contributed by atoms with Crippen LogP contribution in [-0.2, 0) is 0 Å². The molecule has 0 aliphatic carbocycles. The number of unbranched alkanes of at least 4 members (excludes halogenated alkanes) is 5. The number of nitrogens with zero attached hydrogens (tertiary/aromatic N) is 1. The van der Waals surface area contributed by atoms with Gasteiger partial charge in [-0.2, -0.15) is 0 Å². The molecule has 0 atom stereocenters. The van der Waals surface area contributed by atoms with Crippen LogP contribution in [0.5, 0.6) is 11.5 Å². The Hall–Kier alpha value is -2.53. The van der Waals surface area contributed by atoms with Crippen LogP contribution >= 0.6 is 11.3 Å². The molecular weight excluding hydrogens is 380 g/mol. The van der Waals surface area contributed by atoms with Crippen molar-refractivity contribution in [1.29, 1.82) is 0 Å². The molecular formula is C24H30N2O2S. The second-order valence-electron chi connectivity index (χ2n) is 7.03. The van der Waals surface area contributed by atoms with Crippen molar-refractivity contribution in [2.75, 3.05) is 19.0 Å². The van der Waals surface area contributed by atoms with Crippen LogP contribution in [0.3, 0.4) is 0 Å². The van der Waals surface area contributed by atoms with Gasteiger partial charge in [-0.25, -0.2) is 4.98 Å². The van der Waals surface area contributed by atoms with E-state index in [0.717, 1.165) is 46.6 Å². The van der Waals surface area contributed by atoms with Crippen molar-refractivity contribution in [2.45, 2.75) is 45.4 Å². The first-order valence-electron chi connectivity index (χ1n) is 10.4. The fourth-order valence-corrected chi connectivity index (χ4v) is 3.80. The van der Waals surface area contributed by atoms with Crippen molar-refractivity contribution in [1.82, 2.24) is 4.98 Å². The first-order valence-corrected chi connectivity index (χ1v) is 11.3. The third-order valence-corrected chi connectivity index (χ3v) is 5.52. The number of thiazole rings is 1. The summed E-state index contributed by atoms with van der Waals surface area (Å²) >= 11 is 1.59. The van der Waals surface area contributed by atoms with E-state index in [1.165, 1.54) is 32.1 Å². The van der Waals surface area contributed by atoms with Gasteiger partial charge >= 0.3 is 0 Å². The van der Waals surface area contributed by atoms with Gasteiger partial charge in [-0.15, -0.1) is 11.3 Å². The summed E-state index contributed by atoms with van der Waals surface area (Å²) in [4.78, 5) is 4.68. The minimum Gasteiger partial charge on any atom is -0.497 e. The number of anilines is 2. The number of rotatable bonds is 12. The zero-order valence-electron chi connectivity index (χ0n) is 17.3. The predicted octanol–water partition coefficient (Wildman–Crippen LogP) is 7.30. The van der Waals surface area contributed by atoms with Gasteiger partial charge in [0, 0.05) is 16.6 Å². The molecule has 1 heterocycles. The quantitative estimate of drug-likeness (QED) is 0.318. The normalized spacial score (nSPS) is 10.7. The van der Waals surface area contributed by atoms with Gasteiger partial charge < -0.3 is 14.8 Å². The van der Waals surface area contributed by atoms with Gasteiger partial charge in [0.05, 0.1) is 19.4 Å². The Kier molecular flexibility index (Phi) is 8.38. The van der Waals surface area contributed by atoms with Gasteiger partial charge in [-0.3, -0.25) is 0 Å². The number of aromatic nitrogens is 1. The van der Waals surface area contributed by atoms with Crippen LogP contribution in [0.4, 0.5) is 10.8 Å². The number of hydrogen-bond donors (Lipinski definition) is 1. The van der Waals surface area contributed by atoms with Gasteiger partial charge in [-0.05, 0) is 55.0 Å². The number of nitrogens with one attached hydrogen (secondary N) is 1. The molecule has 154 valence electrons. The first kappa shape index (κ1) is 21.2. The average Bonchev–Trinajstić information content (AvgIpc) is 3.23. The Morgan fingerprint density at radius 2 is 1.55 bits per heavy atom. The van der Waals surface area contributed by atoms with Crippen LogP contribution in [0.1, 0.15) is 45.4 Å². The van der Waals surface area contributed by atoms with E-state index in [0.29, 0.717) is 0 Å². The molecule has 0 amide bonds. The molecule has 29 heavy (non-hydrogen) atoms. The molecule has 4 nitrogen and oxygen atoms in total. The van der Waals surface area contributed by atoms with Crippen molar-refractivity contribution in [3.05, 3.63) is 53.9 Å². The molecule has 0 unspecified atom stereocenters. The van der Waals surface area contributed by atoms with Gasteiger partial charge in [0.1, 0.15) is 11.5 Å². The Balaban J connectivity index is 1.45. The zero-order chi connectivity index (χ0) is 20.3. The molecule has 0 bridgehead atoms. The summed E-state index contributed by atoms with van der Waals surface area (Å²) in [5, 5.41) is 6.30. The summed E-state index contributed by atoms with van der Waals surface area (Å²) in [5.41, 5.74) is 3.04. The lowest BCUT2D eigenvalue weighted by molar-refractivity contribution is 0.304. The molecule has 0 saturated carbocycles. The standard InChI is InChI=1S/C24H30N2O2S/c1-3-4-5-6-7-8-17-28-22-15-11-20(12-16-22)25-24-26-23(18-29-24)19-9-13-21(27-2)14-10-19/h9-16,18H,3-8,17H2,1-2H3,(H,25,26). The largest absolute Gasteiger partial charge is 0.497 e. The summed E-state index contributed by atoms with van der Waals surface area (Å²) in [6.07, 6.45) is 7.66. The lowest BCUT2D eigenvalue weighted by Gasteiger charge is -2.08. The zero-order valence-corrected chi connectivity index (χ0v) is 18.1. The number of ether oxygens (including phenoxy) is 2. The van der Waals surface area contributed by atoms with Crippen LogP contribution in [0.2, 0.25) is 0 Å². The maximum Gasteiger partial charge on any atom is 0.187 e. The maximum atomic E-state index is 5.85. The number of benzene rings is 2. The van der Waals surface area contributed by atoms with Crippen LogP contribution in [-0.4, -0.2) is 18.7 Å². The molecule has 0 aliphatic rings. The molecule has 3 rings (SSSR count). The van der Waals surface area contributed by atoms with E-state index < -0.39 is 0 Å². The van der Waals surface area contributed by atoms with Crippen molar-refractivity contribution in [3.63, 3.8) is 0 Å². The van der Waals surface area contributed by atoms with Crippen LogP contribution in [0.15, 0.2) is 53.9 Å². The summed E-state index contributed by atoms with van der Waals surface area (Å²) in [6, 6.07) is 16.0. The third kappa shape index (κ3) is 6.79. The molecule has 0 spiro atoms. The van der Waals surface area contributed by atoms with E-state index in [4.69, 9.17) is 9.47 Å². The van der Waals surface area contributed by atoms with Crippen molar-refractivity contribution in [2.24, 2.45) is 0 Å². The third-order valence-electron chi connectivity index (χ3n) is 4.76. The highest BCUT2D eigenvalue weighted by molar-refractivity contribution is 7.14. The average molecular weight is 411 g/mol. The van der Waals surface area contributed by atoms with Gasteiger partial charge in [0.15, 0.2) is 5.13 Å². The van der Waals surface area contributed by atoms with E-state index >= 15 is 0 Å². The van der Waals surface area contributed by atoms with Crippen molar-refractivity contribution in [3.8, 4) is 22.8 Å². The second kappa shape index (κ2) is 11.5. The molecule has 2 aromatic carbocycles. The maximum absolute atomic E-state index is 5.85. The van der Waals surface area contributed by atoms with E-state index in [1.807, 2.05) is 48.5 Å². The van der Waals surface area contributed by atoms with Crippen LogP contribution < -0.4 is 14.8 Å². The van der Waals surface area contributed by atoms with Gasteiger partial charge in [0.25, 0.3) is 0 Å². The van der Waals surface area contributed by atoms with E-state index in [9.17, 15) is 0 Å². The van der Waals surface area contributed by atoms with Gasteiger partial charge in [0.2, 0.25) is 0 Å². The highest BCUT2D eigenvalue weighted by Gasteiger charge is 2.06. The SMILES string of the molecule is CCCCCCCCOc1ccc(Nc2nc(-c3ccc(OC)cc3)cs2)cc1. The Labute approximate surface area is 177 Å². The first-order chi connectivity index (χ1) is 14.3. The van der Waals surface area contributed by atoms with Crippen molar-refractivity contribution >= 4 is 22.2 Å². The molecule has 0 aliphatic heterocycles. The summed E-state index contributed by atoms with van der Waals surface area (Å²) in [5.74, 6) is 1.77. The molecule has 1 aromatic heterocycles. The lowest BCUT2D eigenvalue weighted by Crippen LogP contribution is -1.97. The summed E-state index contributed by atoms with van der Waals surface area (Å²) in [6.45, 7) is 3.03. The summed E-state index contributed by atoms with van der Waals surface area (Å²) in [7, 11) is 1.67. The molecule has 5 heteroatoms. The lowest BCUT2D eigenvalue weighted by atomic mass is 10.1. The highest BCUT2D eigenvalue weighted by atomic mass is 32.1. The van der Waals surface area contributed by atoms with Crippen LogP contribution in [0.25, 0.3) is 11.3 Å². The number of methoxy groups -OCH3 is 1. The highest BCUT2D eigenvalue weighted by Crippen LogP contribution is 2.28. The van der Waals surface area contributed by atoms with Gasteiger partial charge in [-0.1, -0.05) is 39.0 Å². The fraction of sp³-hybridized carbons (Fsp3) is 0.375. The molecule has 1 N–H and O–H groups in total. The molecule has 0 saturated heterocycles.